The molecule has 1 aliphatic rings. The maximum Gasteiger partial charge on any atom is 0.349 e. The lowest BCUT2D eigenvalue weighted by Gasteiger charge is -2.25. The lowest BCUT2D eigenvalue weighted by atomic mass is 10.1. The Hall–Kier alpha value is -3.13. The fourth-order valence-corrected chi connectivity index (χ4v) is 3.33. The van der Waals surface area contributed by atoms with E-state index in [9.17, 15) is 9.59 Å². The van der Waals surface area contributed by atoms with Crippen molar-refractivity contribution in [3.05, 3.63) is 57.6 Å². The highest BCUT2D eigenvalue weighted by Gasteiger charge is 2.28. The van der Waals surface area contributed by atoms with Gasteiger partial charge in [-0.05, 0) is 24.6 Å². The summed E-state index contributed by atoms with van der Waals surface area (Å²) in [5.41, 5.74) is 0.422. The summed E-state index contributed by atoms with van der Waals surface area (Å²) in [6, 6.07) is 6.82. The number of carbonyl (C=O) groups excluding carboxylic acids is 1. The predicted molar refractivity (Wildman–Crippen MR) is 104 cm³/mol. The number of carbonyl (C=O) groups is 1. The van der Waals surface area contributed by atoms with Crippen molar-refractivity contribution >= 4 is 16.9 Å². The number of rotatable bonds is 6. The average Bonchev–Trinajstić information content (AvgIpc) is 3.13. The summed E-state index contributed by atoms with van der Waals surface area (Å²) in [5.74, 6) is 1.49. The van der Waals surface area contributed by atoms with Crippen molar-refractivity contribution < 1.29 is 23.1 Å². The first-order chi connectivity index (χ1) is 14.1. The molecule has 0 spiro atoms. The number of nitrogens with zero attached hydrogens (tertiary/aromatic N) is 2. The number of methoxy groups -OCH3 is 1. The molecule has 0 atom stereocenters. The number of amides is 1. The van der Waals surface area contributed by atoms with E-state index >= 15 is 0 Å². The zero-order chi connectivity index (χ0) is 20.4. The molecule has 1 amide bonds. The van der Waals surface area contributed by atoms with E-state index in [1.165, 1.54) is 0 Å². The van der Waals surface area contributed by atoms with Gasteiger partial charge in [-0.1, -0.05) is 6.92 Å². The third kappa shape index (κ3) is 3.88. The predicted octanol–water partition coefficient (Wildman–Crippen LogP) is 2.91. The second kappa shape index (κ2) is 8.08. The van der Waals surface area contributed by atoms with Crippen LogP contribution < -0.4 is 10.4 Å². The maximum atomic E-state index is 13.0. The molecule has 0 bridgehead atoms. The molecule has 0 saturated carbocycles. The van der Waals surface area contributed by atoms with E-state index in [2.05, 4.69) is 4.98 Å². The first-order valence-electron chi connectivity index (χ1n) is 9.55. The van der Waals surface area contributed by atoms with Crippen LogP contribution in [0.4, 0.5) is 0 Å². The molecule has 2 aromatic heterocycles. The Morgan fingerprint density at radius 2 is 2.14 bits per heavy atom. The zero-order valence-corrected chi connectivity index (χ0v) is 16.4. The summed E-state index contributed by atoms with van der Waals surface area (Å²) in [5, 5.41) is 0.665. The Balaban J connectivity index is 1.58. The molecule has 4 rings (SSSR count). The zero-order valence-electron chi connectivity index (χ0n) is 16.4. The molecule has 152 valence electrons. The molecule has 0 saturated heterocycles. The molecular formula is C21H22N2O6. The van der Waals surface area contributed by atoms with Gasteiger partial charge >= 0.3 is 5.63 Å². The SMILES string of the molecule is CCCOc1ccc2cc(C(=O)N3CCc4oc(COC)nc4C3)c(=O)oc2c1. The van der Waals surface area contributed by atoms with Crippen molar-refractivity contribution in [2.45, 2.75) is 32.9 Å². The second-order valence-electron chi connectivity index (χ2n) is 6.88. The quantitative estimate of drug-likeness (QED) is 0.589. The van der Waals surface area contributed by atoms with Crippen LogP contribution in [0.2, 0.25) is 0 Å². The van der Waals surface area contributed by atoms with E-state index in [4.69, 9.17) is 18.3 Å². The molecule has 1 aromatic carbocycles. The van der Waals surface area contributed by atoms with Crippen molar-refractivity contribution in [2.75, 3.05) is 20.3 Å². The highest BCUT2D eigenvalue weighted by atomic mass is 16.5. The van der Waals surface area contributed by atoms with Crippen LogP contribution in [0.15, 0.2) is 37.9 Å². The van der Waals surface area contributed by atoms with Crippen LogP contribution in [-0.2, 0) is 24.3 Å². The molecule has 8 nitrogen and oxygen atoms in total. The normalized spacial score (nSPS) is 13.5. The van der Waals surface area contributed by atoms with Crippen LogP contribution >= 0.6 is 0 Å². The van der Waals surface area contributed by atoms with Crippen LogP contribution in [0.5, 0.6) is 5.75 Å². The van der Waals surface area contributed by atoms with Gasteiger partial charge in [0.25, 0.3) is 5.91 Å². The van der Waals surface area contributed by atoms with E-state index in [1.54, 1.807) is 36.3 Å². The minimum atomic E-state index is -0.666. The second-order valence-corrected chi connectivity index (χ2v) is 6.88. The van der Waals surface area contributed by atoms with Gasteiger partial charge in [-0.25, -0.2) is 9.78 Å². The monoisotopic (exact) mass is 398 g/mol. The highest BCUT2D eigenvalue weighted by Crippen LogP contribution is 2.24. The number of benzene rings is 1. The fourth-order valence-electron chi connectivity index (χ4n) is 3.33. The Morgan fingerprint density at radius 1 is 1.28 bits per heavy atom. The van der Waals surface area contributed by atoms with Crippen LogP contribution in [0, 0.1) is 0 Å². The first kappa shape index (κ1) is 19.2. The molecule has 3 aromatic rings. The smallest absolute Gasteiger partial charge is 0.349 e. The van der Waals surface area contributed by atoms with Gasteiger partial charge < -0.3 is 23.2 Å². The molecule has 0 fully saturated rings. The standard InChI is InChI=1S/C21H22N2O6/c1-3-8-27-14-5-4-13-9-15(21(25)29-18(13)10-14)20(24)23-7-6-17-16(11-23)22-19(28-17)12-26-2/h4-5,9-10H,3,6-8,11-12H2,1-2H3. The summed E-state index contributed by atoms with van der Waals surface area (Å²) in [6.07, 6.45) is 1.42. The van der Waals surface area contributed by atoms with E-state index in [0.29, 0.717) is 47.9 Å². The van der Waals surface area contributed by atoms with E-state index in [1.807, 2.05) is 6.92 Å². The maximum absolute atomic E-state index is 13.0. The van der Waals surface area contributed by atoms with Crippen molar-refractivity contribution in [1.82, 2.24) is 9.88 Å². The van der Waals surface area contributed by atoms with Crippen molar-refractivity contribution in [3.8, 4) is 5.75 Å². The van der Waals surface area contributed by atoms with Crippen LogP contribution in [0.3, 0.4) is 0 Å². The molecule has 3 heterocycles. The van der Waals surface area contributed by atoms with E-state index < -0.39 is 5.63 Å². The molecular weight excluding hydrogens is 376 g/mol. The van der Waals surface area contributed by atoms with Gasteiger partial charge in [0, 0.05) is 31.5 Å². The van der Waals surface area contributed by atoms with Gasteiger partial charge in [0.1, 0.15) is 35.0 Å². The largest absolute Gasteiger partial charge is 0.493 e. The molecule has 0 unspecified atom stereocenters. The molecule has 29 heavy (non-hydrogen) atoms. The molecule has 0 N–H and O–H groups in total. The topological polar surface area (TPSA) is 95.0 Å². The van der Waals surface area contributed by atoms with Crippen molar-refractivity contribution in [2.24, 2.45) is 0 Å². The Bertz CT molecular complexity index is 1100. The molecule has 1 aliphatic heterocycles. The van der Waals surface area contributed by atoms with Gasteiger partial charge in [-0.2, -0.15) is 0 Å². The Labute approximate surface area is 167 Å². The van der Waals surface area contributed by atoms with Crippen LogP contribution in [-0.4, -0.2) is 36.1 Å². The van der Waals surface area contributed by atoms with E-state index in [0.717, 1.165) is 12.2 Å². The third-order valence-corrected chi connectivity index (χ3v) is 4.74. The summed E-state index contributed by atoms with van der Waals surface area (Å²) in [7, 11) is 1.57. The number of hydrogen-bond donors (Lipinski definition) is 0. The third-order valence-electron chi connectivity index (χ3n) is 4.74. The van der Waals surface area contributed by atoms with Gasteiger partial charge in [0.05, 0.1) is 13.2 Å². The molecule has 0 aliphatic carbocycles. The Kier molecular flexibility index (Phi) is 5.35. The van der Waals surface area contributed by atoms with Crippen molar-refractivity contribution in [3.63, 3.8) is 0 Å². The lowest BCUT2D eigenvalue weighted by molar-refractivity contribution is 0.0723. The number of fused-ring (bicyclic) bond motifs is 2. The van der Waals surface area contributed by atoms with Crippen LogP contribution in [0.1, 0.15) is 41.0 Å². The fraction of sp³-hybridized carbons (Fsp3) is 0.381. The number of ether oxygens (including phenoxy) is 2. The molecule has 8 heteroatoms. The van der Waals surface area contributed by atoms with Gasteiger partial charge in [-0.3, -0.25) is 4.79 Å². The van der Waals surface area contributed by atoms with Gasteiger partial charge in [-0.15, -0.1) is 0 Å². The van der Waals surface area contributed by atoms with Gasteiger partial charge in [0.2, 0.25) is 5.89 Å². The summed E-state index contributed by atoms with van der Waals surface area (Å²) < 4.78 is 21.6. The van der Waals surface area contributed by atoms with Crippen molar-refractivity contribution in [1.29, 1.82) is 0 Å². The summed E-state index contributed by atoms with van der Waals surface area (Å²) >= 11 is 0. The molecule has 0 radical (unpaired) electrons. The van der Waals surface area contributed by atoms with Gasteiger partial charge in [0.15, 0.2) is 0 Å². The average molecular weight is 398 g/mol. The first-order valence-corrected chi connectivity index (χ1v) is 9.55. The number of oxazole rings is 1. The summed E-state index contributed by atoms with van der Waals surface area (Å²) in [6.45, 7) is 3.59. The highest BCUT2D eigenvalue weighted by molar-refractivity contribution is 5.96. The van der Waals surface area contributed by atoms with E-state index in [-0.39, 0.29) is 24.6 Å². The summed E-state index contributed by atoms with van der Waals surface area (Å²) in [4.78, 5) is 31.4. The lowest BCUT2D eigenvalue weighted by Crippen LogP contribution is -2.37. The minimum absolute atomic E-state index is 0.00351. The van der Waals surface area contributed by atoms with Crippen LogP contribution in [0.25, 0.3) is 11.0 Å². The number of hydrogen-bond acceptors (Lipinski definition) is 7. The minimum Gasteiger partial charge on any atom is -0.493 e. The number of aromatic nitrogens is 1. The Morgan fingerprint density at radius 3 is 2.93 bits per heavy atom.